The van der Waals surface area contributed by atoms with Gasteiger partial charge in [0, 0.05) is 10.9 Å². The molecule has 3 rings (SSSR count). The quantitative estimate of drug-likeness (QED) is 0.763. The Hall–Kier alpha value is -1.34. The Morgan fingerprint density at radius 3 is 3.00 bits per heavy atom. The van der Waals surface area contributed by atoms with E-state index in [0.717, 1.165) is 23.6 Å². The van der Waals surface area contributed by atoms with Gasteiger partial charge in [0.2, 0.25) is 5.91 Å². The average Bonchev–Trinajstić information content (AvgIpc) is 3.18. The van der Waals surface area contributed by atoms with Gasteiger partial charge in [0.15, 0.2) is 0 Å². The van der Waals surface area contributed by atoms with E-state index < -0.39 is 0 Å². The molecule has 0 spiro atoms. The largest absolute Gasteiger partial charge is 0.410 e. The second-order valence-electron chi connectivity index (χ2n) is 7.17. The van der Waals surface area contributed by atoms with E-state index >= 15 is 0 Å². The molecule has 2 atom stereocenters. The van der Waals surface area contributed by atoms with Crippen molar-refractivity contribution < 1.29 is 9.21 Å². The minimum Gasteiger partial charge on any atom is -0.410 e. The smallest absolute Gasteiger partial charge is 0.277 e. The van der Waals surface area contributed by atoms with Crippen molar-refractivity contribution in [3.63, 3.8) is 0 Å². The minimum atomic E-state index is -0.00785. The maximum atomic E-state index is 12.0. The Balaban J connectivity index is 1.59. The molecule has 5 nitrogen and oxygen atoms in total. The number of carbonyl (C=O) groups excluding carboxylic acids is 1. The Bertz CT molecular complexity index is 739. The normalized spacial score (nSPS) is 18.2. The van der Waals surface area contributed by atoms with E-state index in [-0.39, 0.29) is 17.7 Å². The number of aromatic nitrogens is 2. The first-order chi connectivity index (χ1) is 11.9. The summed E-state index contributed by atoms with van der Waals surface area (Å²) in [6.07, 6.45) is 3.53. The standard InChI is InChI=1S/C18H25N3O2S2/c1-10(2)12(4)19-16(22)9-24-18-21-20-17(23-18)15-8-13-7-11(3)5-6-14(13)25-15/h8,10-12H,5-7,9H2,1-4H3,(H,19,22). The van der Waals surface area contributed by atoms with E-state index in [0.29, 0.717) is 17.0 Å². The van der Waals surface area contributed by atoms with Gasteiger partial charge in [-0.3, -0.25) is 4.79 Å². The summed E-state index contributed by atoms with van der Waals surface area (Å²) in [4.78, 5) is 14.4. The van der Waals surface area contributed by atoms with Crippen molar-refractivity contribution in [2.45, 2.75) is 58.2 Å². The third kappa shape index (κ3) is 4.64. The molecule has 0 bridgehead atoms. The molecule has 0 saturated carbocycles. The first kappa shape index (κ1) is 18.5. The molecule has 25 heavy (non-hydrogen) atoms. The summed E-state index contributed by atoms with van der Waals surface area (Å²) >= 11 is 3.04. The van der Waals surface area contributed by atoms with Crippen molar-refractivity contribution in [3.8, 4) is 10.8 Å². The van der Waals surface area contributed by atoms with Crippen LogP contribution >= 0.6 is 23.1 Å². The first-order valence-corrected chi connectivity index (χ1v) is 10.6. The van der Waals surface area contributed by atoms with Crippen LogP contribution in [0.4, 0.5) is 0 Å². The van der Waals surface area contributed by atoms with Gasteiger partial charge in [0.05, 0.1) is 10.6 Å². The molecule has 2 heterocycles. The number of amides is 1. The van der Waals surface area contributed by atoms with Crippen molar-refractivity contribution in [2.75, 3.05) is 5.75 Å². The Kier molecular flexibility index (Phi) is 5.84. The van der Waals surface area contributed by atoms with E-state index in [1.54, 1.807) is 11.3 Å². The summed E-state index contributed by atoms with van der Waals surface area (Å²) in [6.45, 7) is 8.48. The summed E-state index contributed by atoms with van der Waals surface area (Å²) in [5, 5.41) is 11.7. The fourth-order valence-corrected chi connectivity index (χ4v) is 4.47. The Morgan fingerprint density at radius 1 is 1.44 bits per heavy atom. The highest BCUT2D eigenvalue weighted by atomic mass is 32.2. The molecule has 0 saturated heterocycles. The number of aryl methyl sites for hydroxylation is 1. The van der Waals surface area contributed by atoms with Gasteiger partial charge < -0.3 is 9.73 Å². The number of fused-ring (bicyclic) bond motifs is 1. The lowest BCUT2D eigenvalue weighted by Crippen LogP contribution is -2.37. The van der Waals surface area contributed by atoms with Gasteiger partial charge in [-0.05, 0) is 49.7 Å². The molecule has 136 valence electrons. The monoisotopic (exact) mass is 379 g/mol. The van der Waals surface area contributed by atoms with Gasteiger partial charge >= 0.3 is 0 Å². The molecule has 1 aliphatic rings. The summed E-state index contributed by atoms with van der Waals surface area (Å²) in [5.74, 6) is 2.00. The molecule has 0 aromatic carbocycles. The van der Waals surface area contributed by atoms with Crippen LogP contribution in [0, 0.1) is 11.8 Å². The van der Waals surface area contributed by atoms with Gasteiger partial charge in [-0.1, -0.05) is 32.5 Å². The predicted octanol–water partition coefficient (Wildman–Crippen LogP) is 4.18. The van der Waals surface area contributed by atoms with E-state index in [9.17, 15) is 4.79 Å². The third-order valence-corrected chi connectivity index (χ3v) is 6.71. The topological polar surface area (TPSA) is 68.0 Å². The van der Waals surface area contributed by atoms with Crippen LogP contribution in [0.25, 0.3) is 10.8 Å². The highest BCUT2D eigenvalue weighted by molar-refractivity contribution is 7.99. The van der Waals surface area contributed by atoms with Gasteiger partial charge in [-0.2, -0.15) is 0 Å². The molecule has 0 aliphatic heterocycles. The molecule has 2 aromatic rings. The third-order valence-electron chi connectivity index (χ3n) is 4.66. The zero-order chi connectivity index (χ0) is 18.0. The molecule has 1 N–H and O–H groups in total. The van der Waals surface area contributed by atoms with Crippen LogP contribution in [0.1, 0.15) is 44.6 Å². The summed E-state index contributed by atoms with van der Waals surface area (Å²) in [5.41, 5.74) is 1.42. The lowest BCUT2D eigenvalue weighted by molar-refractivity contribution is -0.119. The Morgan fingerprint density at radius 2 is 2.24 bits per heavy atom. The lowest BCUT2D eigenvalue weighted by atomic mass is 9.90. The highest BCUT2D eigenvalue weighted by Gasteiger charge is 2.21. The molecule has 0 fully saturated rings. The maximum Gasteiger partial charge on any atom is 0.277 e. The molecular weight excluding hydrogens is 354 g/mol. The Labute approximate surface area is 157 Å². The fraction of sp³-hybridized carbons (Fsp3) is 0.611. The van der Waals surface area contributed by atoms with Crippen LogP contribution in [0.15, 0.2) is 15.7 Å². The number of nitrogens with one attached hydrogen (secondary N) is 1. The molecule has 1 aliphatic carbocycles. The van der Waals surface area contributed by atoms with Crippen molar-refractivity contribution in [1.29, 1.82) is 0 Å². The zero-order valence-electron chi connectivity index (χ0n) is 15.2. The van der Waals surface area contributed by atoms with Gasteiger partial charge in [0.25, 0.3) is 11.1 Å². The highest BCUT2D eigenvalue weighted by Crippen LogP contribution is 2.37. The molecular formula is C18H25N3O2S2. The van der Waals surface area contributed by atoms with Crippen molar-refractivity contribution in [1.82, 2.24) is 15.5 Å². The van der Waals surface area contributed by atoms with E-state index in [1.165, 1.54) is 28.6 Å². The second kappa shape index (κ2) is 7.91. The van der Waals surface area contributed by atoms with Gasteiger partial charge in [-0.25, -0.2) is 0 Å². The SMILES string of the molecule is CC1CCc2sc(-c3nnc(SCC(=O)NC(C)C(C)C)o3)cc2C1. The number of hydrogen-bond acceptors (Lipinski definition) is 6. The number of carbonyl (C=O) groups is 1. The van der Waals surface area contributed by atoms with Crippen LogP contribution in [0.2, 0.25) is 0 Å². The summed E-state index contributed by atoms with van der Waals surface area (Å²) in [6, 6.07) is 2.35. The first-order valence-electron chi connectivity index (χ1n) is 8.80. The fourth-order valence-electron chi connectivity index (χ4n) is 2.77. The van der Waals surface area contributed by atoms with E-state index in [2.05, 4.69) is 42.4 Å². The molecule has 7 heteroatoms. The predicted molar refractivity (Wildman–Crippen MR) is 102 cm³/mol. The number of thiophene rings is 1. The minimum absolute atomic E-state index is 0.00785. The van der Waals surface area contributed by atoms with Crippen LogP contribution in [0.5, 0.6) is 0 Å². The van der Waals surface area contributed by atoms with Crippen LogP contribution in [-0.4, -0.2) is 27.9 Å². The van der Waals surface area contributed by atoms with Gasteiger partial charge in [-0.15, -0.1) is 21.5 Å². The van der Waals surface area contributed by atoms with Crippen LogP contribution in [0.3, 0.4) is 0 Å². The molecule has 1 amide bonds. The summed E-state index contributed by atoms with van der Waals surface area (Å²) < 4.78 is 5.75. The van der Waals surface area contributed by atoms with Crippen LogP contribution < -0.4 is 5.32 Å². The number of nitrogens with zero attached hydrogens (tertiary/aromatic N) is 2. The second-order valence-corrected chi connectivity index (χ2v) is 9.23. The van der Waals surface area contributed by atoms with E-state index in [1.807, 2.05) is 6.92 Å². The summed E-state index contributed by atoms with van der Waals surface area (Å²) in [7, 11) is 0. The number of thioether (sulfide) groups is 1. The van der Waals surface area contributed by atoms with E-state index in [4.69, 9.17) is 4.42 Å². The van der Waals surface area contributed by atoms with Crippen LogP contribution in [-0.2, 0) is 17.6 Å². The van der Waals surface area contributed by atoms with Crippen molar-refractivity contribution >= 4 is 29.0 Å². The number of hydrogen-bond donors (Lipinski definition) is 1. The molecule has 2 unspecified atom stereocenters. The lowest BCUT2D eigenvalue weighted by Gasteiger charge is -2.16. The van der Waals surface area contributed by atoms with Crippen molar-refractivity contribution in [2.24, 2.45) is 11.8 Å². The van der Waals surface area contributed by atoms with Crippen molar-refractivity contribution in [3.05, 3.63) is 16.5 Å². The molecule has 0 radical (unpaired) electrons. The number of rotatable bonds is 6. The van der Waals surface area contributed by atoms with Gasteiger partial charge in [0.1, 0.15) is 0 Å². The zero-order valence-corrected chi connectivity index (χ0v) is 16.8. The molecule has 2 aromatic heterocycles. The maximum absolute atomic E-state index is 12.0. The average molecular weight is 380 g/mol.